The predicted molar refractivity (Wildman–Crippen MR) is 156 cm³/mol. The molecule has 41 heavy (non-hydrogen) atoms. The van der Waals surface area contributed by atoms with E-state index >= 15 is 0 Å². The minimum atomic E-state index is -0.196. The summed E-state index contributed by atoms with van der Waals surface area (Å²) in [6.07, 6.45) is 10.0. The Morgan fingerprint density at radius 3 is 2.73 bits per heavy atom. The van der Waals surface area contributed by atoms with E-state index in [1.807, 2.05) is 54.2 Å². The SMILES string of the molecule is Cn1cc(C(=O)CCC2CCCC2c2cccc(F)c2)c2cc(-c3ccc4nc(NC(=O)C5CC5)cn4n3)ccc21. The average molecular weight is 550 g/mol. The Kier molecular flexibility index (Phi) is 6.41. The summed E-state index contributed by atoms with van der Waals surface area (Å²) in [6, 6.07) is 16.8. The number of hydrogen-bond acceptors (Lipinski definition) is 4. The van der Waals surface area contributed by atoms with E-state index in [1.165, 1.54) is 6.07 Å². The Morgan fingerprint density at radius 1 is 1.02 bits per heavy atom. The van der Waals surface area contributed by atoms with Crippen molar-refractivity contribution >= 4 is 34.1 Å². The number of ketones is 1. The number of rotatable bonds is 8. The van der Waals surface area contributed by atoms with Gasteiger partial charge in [-0.15, -0.1) is 0 Å². The quantitative estimate of drug-likeness (QED) is 0.213. The van der Waals surface area contributed by atoms with Crippen LogP contribution in [0.15, 0.2) is 67.0 Å². The maximum atomic E-state index is 13.9. The molecule has 5 aromatic rings. The fourth-order valence-corrected chi connectivity index (χ4v) is 6.45. The smallest absolute Gasteiger partial charge is 0.228 e. The summed E-state index contributed by atoms with van der Waals surface area (Å²) in [5, 5.41) is 8.53. The maximum absolute atomic E-state index is 13.9. The molecule has 3 aromatic heterocycles. The van der Waals surface area contributed by atoms with E-state index < -0.39 is 0 Å². The van der Waals surface area contributed by atoms with Crippen LogP contribution < -0.4 is 5.32 Å². The minimum Gasteiger partial charge on any atom is -0.350 e. The number of anilines is 1. The average Bonchev–Trinajstić information content (AvgIpc) is 3.45. The molecule has 0 radical (unpaired) electrons. The lowest BCUT2D eigenvalue weighted by Gasteiger charge is -2.19. The zero-order valence-corrected chi connectivity index (χ0v) is 23.0. The van der Waals surface area contributed by atoms with Crippen LogP contribution in [0.1, 0.15) is 66.8 Å². The lowest BCUT2D eigenvalue weighted by molar-refractivity contribution is -0.117. The van der Waals surface area contributed by atoms with E-state index in [2.05, 4.69) is 10.3 Å². The highest BCUT2D eigenvalue weighted by molar-refractivity contribution is 6.09. The van der Waals surface area contributed by atoms with Crippen LogP contribution in [-0.2, 0) is 11.8 Å². The van der Waals surface area contributed by atoms with Crippen molar-refractivity contribution in [3.63, 3.8) is 0 Å². The standard InChI is InChI=1S/C33H32FN5O2/c1-38-18-27(30(40)14-11-20-4-3-7-25(20)22-5-2-6-24(34)16-22)26-17-23(10-13-29(26)38)28-12-15-32-35-31(19-39(32)37-28)36-33(41)21-8-9-21/h2,5-6,10,12-13,15-21,25H,3-4,7-9,11,14H2,1H3,(H,36,41). The number of Topliss-reactive ketones (excluding diaryl/α,β-unsaturated/α-hetero) is 1. The minimum absolute atomic E-state index is 0.0118. The third-order valence-corrected chi connectivity index (χ3v) is 8.78. The Labute approximate surface area is 237 Å². The molecule has 2 saturated carbocycles. The molecule has 2 aliphatic carbocycles. The summed E-state index contributed by atoms with van der Waals surface area (Å²) < 4.78 is 17.5. The van der Waals surface area contributed by atoms with Gasteiger partial charge in [-0.25, -0.2) is 13.9 Å². The first-order valence-corrected chi connectivity index (χ1v) is 14.5. The number of imidazole rings is 1. The molecule has 0 spiro atoms. The second kappa shape index (κ2) is 10.3. The number of benzene rings is 2. The van der Waals surface area contributed by atoms with Gasteiger partial charge < -0.3 is 9.88 Å². The third kappa shape index (κ3) is 5.03. The molecular formula is C33H32FN5O2. The molecule has 1 amide bonds. The maximum Gasteiger partial charge on any atom is 0.228 e. The molecule has 0 aliphatic heterocycles. The van der Waals surface area contributed by atoms with E-state index in [0.717, 1.165) is 71.8 Å². The molecule has 7 rings (SSSR count). The van der Waals surface area contributed by atoms with Crippen LogP contribution in [0.3, 0.4) is 0 Å². The summed E-state index contributed by atoms with van der Waals surface area (Å²) in [4.78, 5) is 30.2. The fourth-order valence-electron chi connectivity index (χ4n) is 6.45. The van der Waals surface area contributed by atoms with Crippen molar-refractivity contribution in [2.24, 2.45) is 18.9 Å². The van der Waals surface area contributed by atoms with Crippen molar-refractivity contribution in [2.75, 3.05) is 5.32 Å². The van der Waals surface area contributed by atoms with E-state index in [4.69, 9.17) is 5.10 Å². The second-order valence-electron chi connectivity index (χ2n) is 11.6. The first-order valence-electron chi connectivity index (χ1n) is 14.5. The van der Waals surface area contributed by atoms with Crippen molar-refractivity contribution in [2.45, 2.75) is 50.9 Å². The van der Waals surface area contributed by atoms with Crippen LogP contribution >= 0.6 is 0 Å². The molecule has 0 bridgehead atoms. The Balaban J connectivity index is 1.11. The first kappa shape index (κ1) is 25.6. The number of halogens is 1. The zero-order valence-electron chi connectivity index (χ0n) is 23.0. The Morgan fingerprint density at radius 2 is 1.90 bits per heavy atom. The van der Waals surface area contributed by atoms with Crippen LogP contribution in [0.4, 0.5) is 10.2 Å². The summed E-state index contributed by atoms with van der Waals surface area (Å²) in [7, 11) is 1.96. The fraction of sp³-hybridized carbons (Fsp3) is 0.333. The van der Waals surface area contributed by atoms with Crippen molar-refractivity contribution in [1.29, 1.82) is 0 Å². The summed E-state index contributed by atoms with van der Waals surface area (Å²) in [5.41, 5.74) is 5.07. The number of aromatic nitrogens is 4. The number of carbonyl (C=O) groups is 2. The van der Waals surface area contributed by atoms with Crippen molar-refractivity contribution < 1.29 is 14.0 Å². The summed E-state index contributed by atoms with van der Waals surface area (Å²) in [5.74, 6) is 1.24. The van der Waals surface area contributed by atoms with Gasteiger partial charge in [0.25, 0.3) is 0 Å². The second-order valence-corrected chi connectivity index (χ2v) is 11.6. The summed E-state index contributed by atoms with van der Waals surface area (Å²) in [6.45, 7) is 0. The van der Waals surface area contributed by atoms with Gasteiger partial charge in [-0.1, -0.05) is 24.6 Å². The molecule has 1 N–H and O–H groups in total. The molecular weight excluding hydrogens is 517 g/mol. The van der Waals surface area contributed by atoms with Crippen molar-refractivity contribution in [3.8, 4) is 11.3 Å². The molecule has 3 heterocycles. The lowest BCUT2D eigenvalue weighted by Crippen LogP contribution is -2.13. The molecule has 2 aliphatic rings. The van der Waals surface area contributed by atoms with Gasteiger partial charge in [-0.3, -0.25) is 9.59 Å². The molecule has 2 unspecified atom stereocenters. The van der Waals surface area contributed by atoms with Gasteiger partial charge in [0, 0.05) is 47.6 Å². The molecule has 208 valence electrons. The van der Waals surface area contributed by atoms with E-state index in [1.54, 1.807) is 22.8 Å². The van der Waals surface area contributed by atoms with Gasteiger partial charge in [-0.2, -0.15) is 5.10 Å². The molecule has 7 nitrogen and oxygen atoms in total. The molecule has 0 saturated heterocycles. The number of aryl methyl sites for hydroxylation is 1. The van der Waals surface area contributed by atoms with Gasteiger partial charge in [0.2, 0.25) is 5.91 Å². The van der Waals surface area contributed by atoms with Crippen LogP contribution in [0, 0.1) is 17.7 Å². The van der Waals surface area contributed by atoms with Gasteiger partial charge in [0.05, 0.1) is 11.9 Å². The molecule has 2 aromatic carbocycles. The van der Waals surface area contributed by atoms with Crippen molar-refractivity contribution in [1.82, 2.24) is 19.2 Å². The van der Waals surface area contributed by atoms with Crippen LogP contribution in [-0.4, -0.2) is 30.9 Å². The normalized spacial score (nSPS) is 18.8. The number of nitrogens with one attached hydrogen (secondary N) is 1. The molecule has 8 heteroatoms. The molecule has 2 atom stereocenters. The van der Waals surface area contributed by atoms with E-state index in [9.17, 15) is 14.0 Å². The Bertz CT molecular complexity index is 1800. The van der Waals surface area contributed by atoms with Gasteiger partial charge in [0.1, 0.15) is 5.82 Å². The monoisotopic (exact) mass is 549 g/mol. The van der Waals surface area contributed by atoms with Crippen LogP contribution in [0.2, 0.25) is 0 Å². The largest absolute Gasteiger partial charge is 0.350 e. The van der Waals surface area contributed by atoms with Crippen molar-refractivity contribution in [3.05, 3.63) is 83.9 Å². The van der Waals surface area contributed by atoms with Crippen LogP contribution in [0.5, 0.6) is 0 Å². The van der Waals surface area contributed by atoms with Gasteiger partial charge in [-0.05, 0) is 85.9 Å². The lowest BCUT2D eigenvalue weighted by atomic mass is 9.85. The highest BCUT2D eigenvalue weighted by atomic mass is 19.1. The number of amides is 1. The summed E-state index contributed by atoms with van der Waals surface area (Å²) >= 11 is 0. The molecule has 2 fully saturated rings. The number of hydrogen-bond donors (Lipinski definition) is 1. The van der Waals surface area contributed by atoms with E-state index in [0.29, 0.717) is 29.7 Å². The zero-order chi connectivity index (χ0) is 28.1. The van der Waals surface area contributed by atoms with Crippen LogP contribution in [0.25, 0.3) is 27.8 Å². The number of nitrogens with zero attached hydrogens (tertiary/aromatic N) is 4. The first-order chi connectivity index (χ1) is 19.9. The predicted octanol–water partition coefficient (Wildman–Crippen LogP) is 6.92. The topological polar surface area (TPSA) is 81.3 Å². The van der Waals surface area contributed by atoms with Gasteiger partial charge in [0.15, 0.2) is 17.2 Å². The highest BCUT2D eigenvalue weighted by Crippen LogP contribution is 2.42. The highest BCUT2D eigenvalue weighted by Gasteiger charge is 2.31. The van der Waals surface area contributed by atoms with E-state index in [-0.39, 0.29) is 23.4 Å². The van der Waals surface area contributed by atoms with Gasteiger partial charge >= 0.3 is 0 Å². The number of carbonyl (C=O) groups excluding carboxylic acids is 2. The third-order valence-electron chi connectivity index (χ3n) is 8.78. The Hall–Kier alpha value is -4.33. The number of fused-ring (bicyclic) bond motifs is 2.